The lowest BCUT2D eigenvalue weighted by atomic mass is 10.1. The van der Waals surface area contributed by atoms with Crippen LogP contribution in [0.5, 0.6) is 0 Å². The van der Waals surface area contributed by atoms with Crippen molar-refractivity contribution in [3.8, 4) is 11.3 Å². The predicted octanol–water partition coefficient (Wildman–Crippen LogP) is 2.21. The van der Waals surface area contributed by atoms with Gasteiger partial charge in [0.15, 0.2) is 5.82 Å². The van der Waals surface area contributed by atoms with Crippen molar-refractivity contribution in [3.63, 3.8) is 0 Å². The van der Waals surface area contributed by atoms with Crippen LogP contribution in [0.25, 0.3) is 22.2 Å². The summed E-state index contributed by atoms with van der Waals surface area (Å²) in [5.74, 6) is 1.22. The number of hydrogen-bond acceptors (Lipinski definition) is 8. The van der Waals surface area contributed by atoms with E-state index in [0.29, 0.717) is 42.6 Å². The Bertz CT molecular complexity index is 1320. The number of benzene rings is 2. The number of carbonyl (C=O) groups is 1. The Labute approximate surface area is 196 Å². The van der Waals surface area contributed by atoms with Gasteiger partial charge in [-0.05, 0) is 31.2 Å². The van der Waals surface area contributed by atoms with Gasteiger partial charge in [0.2, 0.25) is 5.95 Å². The van der Waals surface area contributed by atoms with Crippen molar-refractivity contribution in [3.05, 3.63) is 60.2 Å². The molecule has 1 fully saturated rings. The van der Waals surface area contributed by atoms with E-state index in [1.165, 1.54) is 0 Å². The summed E-state index contributed by atoms with van der Waals surface area (Å²) in [5, 5.41) is 10.8. The molecule has 1 amide bonds. The number of nitrogen functional groups attached to an aromatic ring is 2. The van der Waals surface area contributed by atoms with E-state index in [1.807, 2.05) is 42.5 Å². The van der Waals surface area contributed by atoms with E-state index < -0.39 is 0 Å². The molecule has 10 nitrogen and oxygen atoms in total. The zero-order valence-electron chi connectivity index (χ0n) is 18.7. The molecular weight excluding hydrogens is 432 g/mol. The third-order valence-electron chi connectivity index (χ3n) is 5.94. The minimum atomic E-state index is -0.187. The number of rotatable bonds is 5. The van der Waals surface area contributed by atoms with Crippen molar-refractivity contribution in [1.82, 2.24) is 25.5 Å². The molecule has 34 heavy (non-hydrogen) atoms. The Morgan fingerprint density at radius 1 is 1.18 bits per heavy atom. The lowest BCUT2D eigenvalue weighted by molar-refractivity contribution is 0.0227. The molecule has 2 atom stereocenters. The third-order valence-corrected chi connectivity index (χ3v) is 5.94. The number of aromatic amines is 1. The first kappa shape index (κ1) is 21.7. The van der Waals surface area contributed by atoms with Crippen molar-refractivity contribution in [2.24, 2.45) is 0 Å². The Morgan fingerprint density at radius 2 is 2.00 bits per heavy atom. The first-order valence-corrected chi connectivity index (χ1v) is 11.1. The molecule has 1 aliphatic heterocycles. The highest BCUT2D eigenvalue weighted by atomic mass is 16.5. The molecule has 0 radical (unpaired) electrons. The molecule has 4 aromatic rings. The van der Waals surface area contributed by atoms with Crippen LogP contribution in [-0.2, 0) is 4.74 Å². The van der Waals surface area contributed by atoms with Crippen LogP contribution in [0.4, 0.5) is 17.6 Å². The predicted molar refractivity (Wildman–Crippen MR) is 131 cm³/mol. The second kappa shape index (κ2) is 8.99. The largest absolute Gasteiger partial charge is 0.382 e. The summed E-state index contributed by atoms with van der Waals surface area (Å²) in [7, 11) is 0. The molecule has 2 unspecified atom stereocenters. The zero-order valence-corrected chi connectivity index (χ0v) is 18.7. The molecule has 174 valence electrons. The van der Waals surface area contributed by atoms with Gasteiger partial charge in [-0.3, -0.25) is 9.89 Å². The van der Waals surface area contributed by atoms with Crippen molar-refractivity contribution in [2.45, 2.75) is 19.1 Å². The van der Waals surface area contributed by atoms with Crippen LogP contribution >= 0.6 is 0 Å². The van der Waals surface area contributed by atoms with Crippen LogP contribution in [0.3, 0.4) is 0 Å². The lowest BCUT2D eigenvalue weighted by Crippen LogP contribution is -2.52. The molecule has 3 heterocycles. The van der Waals surface area contributed by atoms with E-state index in [2.05, 4.69) is 37.3 Å². The Kier molecular flexibility index (Phi) is 5.72. The standard InChI is InChI=1S/C24H26N8O2/c1-14-13-34-17(11-27-23(33)15-5-3-2-4-6-15)12-32(14)21-10-19(28-24(26)29-21)16-7-8-18-20(9-16)30-31-22(18)25/h2-10,14,17H,11-13H2,1H3,(H,27,33)(H3,25,30,31)(H2,26,28,29). The van der Waals surface area contributed by atoms with Crippen LogP contribution in [0, 0.1) is 0 Å². The van der Waals surface area contributed by atoms with Gasteiger partial charge in [0.05, 0.1) is 30.0 Å². The zero-order chi connectivity index (χ0) is 23.7. The van der Waals surface area contributed by atoms with Crippen molar-refractivity contribution >= 4 is 34.4 Å². The van der Waals surface area contributed by atoms with Gasteiger partial charge in [-0.25, -0.2) is 4.98 Å². The highest BCUT2D eigenvalue weighted by Gasteiger charge is 2.28. The fourth-order valence-electron chi connectivity index (χ4n) is 4.11. The summed E-state index contributed by atoms with van der Waals surface area (Å²) in [6, 6.07) is 16.9. The number of hydrogen-bond donors (Lipinski definition) is 4. The highest BCUT2D eigenvalue weighted by molar-refractivity contribution is 5.94. The summed E-state index contributed by atoms with van der Waals surface area (Å²) in [4.78, 5) is 23.5. The molecule has 0 bridgehead atoms. The summed E-state index contributed by atoms with van der Waals surface area (Å²) in [5.41, 5.74) is 15.0. The molecule has 0 aliphatic carbocycles. The number of nitrogens with zero attached hydrogens (tertiary/aromatic N) is 4. The fourth-order valence-corrected chi connectivity index (χ4v) is 4.11. The average Bonchev–Trinajstić information content (AvgIpc) is 3.23. The smallest absolute Gasteiger partial charge is 0.251 e. The van der Waals surface area contributed by atoms with E-state index in [1.54, 1.807) is 12.1 Å². The minimum Gasteiger partial charge on any atom is -0.382 e. The monoisotopic (exact) mass is 458 g/mol. The van der Waals surface area contributed by atoms with E-state index in [9.17, 15) is 4.79 Å². The van der Waals surface area contributed by atoms with Crippen molar-refractivity contribution in [1.29, 1.82) is 0 Å². The SMILES string of the molecule is CC1COC(CNC(=O)c2ccccc2)CN1c1cc(-c2ccc3c(N)n[nH]c3c2)nc(N)n1. The fraction of sp³-hybridized carbons (Fsp3) is 0.250. The second-order valence-electron chi connectivity index (χ2n) is 8.37. The number of anilines is 3. The number of ether oxygens (including phenoxy) is 1. The van der Waals surface area contributed by atoms with Crippen LogP contribution < -0.4 is 21.7 Å². The van der Waals surface area contributed by atoms with Crippen molar-refractivity contribution < 1.29 is 9.53 Å². The number of nitrogens with one attached hydrogen (secondary N) is 2. The number of amides is 1. The van der Waals surface area contributed by atoms with Gasteiger partial charge in [0.1, 0.15) is 5.82 Å². The van der Waals surface area contributed by atoms with Gasteiger partial charge in [0, 0.05) is 35.7 Å². The maximum atomic E-state index is 12.4. The summed E-state index contributed by atoms with van der Waals surface area (Å²) >= 11 is 0. The molecule has 0 spiro atoms. The first-order valence-electron chi connectivity index (χ1n) is 11.1. The van der Waals surface area contributed by atoms with Crippen LogP contribution in [0.1, 0.15) is 17.3 Å². The molecule has 1 aliphatic rings. The van der Waals surface area contributed by atoms with Crippen molar-refractivity contribution in [2.75, 3.05) is 36.1 Å². The number of nitrogens with two attached hydrogens (primary N) is 2. The summed E-state index contributed by atoms with van der Waals surface area (Å²) in [6.45, 7) is 3.52. The van der Waals surface area contributed by atoms with Gasteiger partial charge < -0.3 is 26.4 Å². The van der Waals surface area contributed by atoms with Crippen LogP contribution in [0.15, 0.2) is 54.6 Å². The molecule has 6 N–H and O–H groups in total. The molecule has 2 aromatic heterocycles. The Morgan fingerprint density at radius 3 is 2.82 bits per heavy atom. The van der Waals surface area contributed by atoms with Gasteiger partial charge in [-0.1, -0.05) is 24.3 Å². The Balaban J connectivity index is 1.34. The summed E-state index contributed by atoms with van der Waals surface area (Å²) < 4.78 is 5.97. The molecular formula is C24H26N8O2. The normalized spacial score (nSPS) is 18.2. The number of aromatic nitrogens is 4. The first-order chi connectivity index (χ1) is 16.5. The van der Waals surface area contributed by atoms with Gasteiger partial charge >= 0.3 is 0 Å². The molecule has 2 aromatic carbocycles. The topological polar surface area (TPSA) is 148 Å². The van der Waals surface area contributed by atoms with E-state index in [0.717, 1.165) is 16.5 Å². The number of carbonyl (C=O) groups excluding carboxylic acids is 1. The van der Waals surface area contributed by atoms with Crippen LogP contribution in [-0.4, -0.2) is 57.9 Å². The quantitative estimate of drug-likeness (QED) is 0.356. The van der Waals surface area contributed by atoms with E-state index >= 15 is 0 Å². The van der Waals surface area contributed by atoms with Gasteiger partial charge in [-0.2, -0.15) is 10.1 Å². The maximum Gasteiger partial charge on any atom is 0.251 e. The molecule has 10 heteroatoms. The van der Waals surface area contributed by atoms with Gasteiger partial charge in [0.25, 0.3) is 5.91 Å². The highest BCUT2D eigenvalue weighted by Crippen LogP contribution is 2.29. The minimum absolute atomic E-state index is 0.0816. The average molecular weight is 459 g/mol. The second-order valence-corrected chi connectivity index (χ2v) is 8.37. The maximum absolute atomic E-state index is 12.4. The molecule has 5 rings (SSSR count). The van der Waals surface area contributed by atoms with Crippen LogP contribution in [0.2, 0.25) is 0 Å². The number of morpholine rings is 1. The van der Waals surface area contributed by atoms with E-state index in [-0.39, 0.29) is 24.0 Å². The Hall–Kier alpha value is -4.18. The third kappa shape index (κ3) is 4.35. The molecule has 1 saturated heterocycles. The lowest BCUT2D eigenvalue weighted by Gasteiger charge is -2.39. The van der Waals surface area contributed by atoms with Gasteiger partial charge in [-0.15, -0.1) is 0 Å². The molecule has 0 saturated carbocycles. The van der Waals surface area contributed by atoms with E-state index in [4.69, 9.17) is 16.2 Å². The summed E-state index contributed by atoms with van der Waals surface area (Å²) in [6.07, 6.45) is -0.187. The number of H-pyrrole nitrogens is 1. The number of fused-ring (bicyclic) bond motifs is 1.